The largest absolute Gasteiger partial charge is 0.309 e. The Kier molecular flexibility index (Phi) is 5.91. The van der Waals surface area contributed by atoms with Crippen LogP contribution in [0.2, 0.25) is 0 Å². The Hall–Kier alpha value is -5.14. The van der Waals surface area contributed by atoms with Crippen LogP contribution in [0.15, 0.2) is 146 Å². The van der Waals surface area contributed by atoms with Crippen LogP contribution in [0, 0.1) is 6.92 Å². The number of para-hydroxylation sites is 2. The maximum Gasteiger partial charge on any atom is 0.0541 e. The fourth-order valence-electron chi connectivity index (χ4n) is 6.23. The molecule has 6 aromatic carbocycles. The molecule has 40 heavy (non-hydrogen) atoms. The van der Waals surface area contributed by atoms with E-state index in [2.05, 4.69) is 152 Å². The van der Waals surface area contributed by atoms with Gasteiger partial charge in [-0.1, -0.05) is 128 Å². The standard InChI is InChI=1S/C39H29N/c1-3-4-16-31-27(2)38(34-19-8-9-20-35(34)39(31)28-14-6-5-7-15-28)29-23-25-30(26-24-29)40-36-21-12-10-17-32(36)33-18-11-13-22-37(33)40/h3-26H,1H2,2H3/b16-4-. The Bertz CT molecular complexity index is 2000. The van der Waals surface area contributed by atoms with E-state index in [1.807, 2.05) is 12.2 Å². The first-order valence-corrected chi connectivity index (χ1v) is 13.7. The van der Waals surface area contributed by atoms with E-state index in [1.54, 1.807) is 0 Å². The molecule has 0 bridgehead atoms. The zero-order valence-electron chi connectivity index (χ0n) is 22.5. The van der Waals surface area contributed by atoms with Crippen molar-refractivity contribution >= 4 is 38.7 Å². The number of aromatic nitrogens is 1. The third-order valence-electron chi connectivity index (χ3n) is 7.97. The Morgan fingerprint density at radius 3 is 1.62 bits per heavy atom. The van der Waals surface area contributed by atoms with Crippen LogP contribution in [0.3, 0.4) is 0 Å². The number of allylic oxidation sites excluding steroid dienone is 2. The van der Waals surface area contributed by atoms with Gasteiger partial charge in [0.1, 0.15) is 0 Å². The first kappa shape index (κ1) is 23.9. The average molecular weight is 512 g/mol. The first-order chi connectivity index (χ1) is 19.8. The highest BCUT2D eigenvalue weighted by Gasteiger charge is 2.18. The van der Waals surface area contributed by atoms with E-state index < -0.39 is 0 Å². The summed E-state index contributed by atoms with van der Waals surface area (Å²) in [7, 11) is 0. The summed E-state index contributed by atoms with van der Waals surface area (Å²) in [5.74, 6) is 0. The van der Waals surface area contributed by atoms with E-state index in [0.29, 0.717) is 0 Å². The summed E-state index contributed by atoms with van der Waals surface area (Å²) >= 11 is 0. The molecule has 1 heteroatoms. The fourth-order valence-corrected chi connectivity index (χ4v) is 6.23. The van der Waals surface area contributed by atoms with E-state index >= 15 is 0 Å². The van der Waals surface area contributed by atoms with Crippen LogP contribution < -0.4 is 0 Å². The Balaban J connectivity index is 1.46. The Morgan fingerprint density at radius 2 is 1.02 bits per heavy atom. The molecule has 0 aliphatic rings. The summed E-state index contributed by atoms with van der Waals surface area (Å²) in [6.45, 7) is 6.19. The molecule has 0 N–H and O–H groups in total. The molecule has 190 valence electrons. The Labute approximate surface area is 235 Å². The highest BCUT2D eigenvalue weighted by Crippen LogP contribution is 2.43. The predicted octanol–water partition coefficient (Wildman–Crippen LogP) is 10.8. The van der Waals surface area contributed by atoms with E-state index in [-0.39, 0.29) is 0 Å². The van der Waals surface area contributed by atoms with Crippen LogP contribution in [0.4, 0.5) is 0 Å². The number of fused-ring (bicyclic) bond motifs is 4. The summed E-state index contributed by atoms with van der Waals surface area (Å²) in [4.78, 5) is 0. The lowest BCUT2D eigenvalue weighted by Crippen LogP contribution is -1.97. The molecular formula is C39H29N. The molecule has 7 aromatic rings. The molecule has 0 spiro atoms. The van der Waals surface area contributed by atoms with Gasteiger partial charge in [0.05, 0.1) is 11.0 Å². The maximum absolute atomic E-state index is 3.94. The SMILES string of the molecule is C=C/C=C\c1c(C)c(-c2ccc(-n3c4ccccc4c4ccccc43)cc2)c2ccccc2c1-c1ccccc1. The van der Waals surface area contributed by atoms with E-state index in [9.17, 15) is 0 Å². The molecule has 0 aliphatic heterocycles. The molecule has 0 fully saturated rings. The van der Waals surface area contributed by atoms with Gasteiger partial charge < -0.3 is 4.57 Å². The molecule has 0 saturated heterocycles. The second-order valence-corrected chi connectivity index (χ2v) is 10.2. The molecule has 1 nitrogen and oxygen atoms in total. The lowest BCUT2D eigenvalue weighted by molar-refractivity contribution is 1.18. The summed E-state index contributed by atoms with van der Waals surface area (Å²) in [6.07, 6.45) is 6.09. The molecule has 0 aliphatic carbocycles. The number of nitrogens with zero attached hydrogens (tertiary/aromatic N) is 1. The molecule has 0 radical (unpaired) electrons. The van der Waals surface area contributed by atoms with Crippen molar-refractivity contribution in [3.63, 3.8) is 0 Å². The van der Waals surface area contributed by atoms with Crippen LogP contribution in [0.25, 0.3) is 66.6 Å². The lowest BCUT2D eigenvalue weighted by Gasteiger charge is -2.20. The fraction of sp³-hybridized carbons (Fsp3) is 0.0256. The zero-order chi connectivity index (χ0) is 27.1. The van der Waals surface area contributed by atoms with Crippen molar-refractivity contribution in [2.24, 2.45) is 0 Å². The molecule has 0 unspecified atom stereocenters. The van der Waals surface area contributed by atoms with Crippen molar-refractivity contribution in [1.29, 1.82) is 0 Å². The van der Waals surface area contributed by atoms with Crippen molar-refractivity contribution in [3.8, 4) is 27.9 Å². The molecular weight excluding hydrogens is 482 g/mol. The van der Waals surface area contributed by atoms with Crippen LogP contribution in [0.1, 0.15) is 11.1 Å². The average Bonchev–Trinajstić information content (AvgIpc) is 3.35. The van der Waals surface area contributed by atoms with Crippen LogP contribution in [-0.2, 0) is 0 Å². The van der Waals surface area contributed by atoms with Crippen LogP contribution in [0.5, 0.6) is 0 Å². The van der Waals surface area contributed by atoms with Gasteiger partial charge in [-0.15, -0.1) is 0 Å². The third kappa shape index (κ3) is 3.79. The highest BCUT2D eigenvalue weighted by molar-refractivity contribution is 6.11. The second kappa shape index (κ2) is 9.87. The monoisotopic (exact) mass is 511 g/mol. The summed E-state index contributed by atoms with van der Waals surface area (Å²) in [6, 6.07) is 45.9. The predicted molar refractivity (Wildman–Crippen MR) is 173 cm³/mol. The highest BCUT2D eigenvalue weighted by atomic mass is 15.0. The minimum absolute atomic E-state index is 1.16. The number of benzene rings is 6. The number of hydrogen-bond donors (Lipinski definition) is 0. The van der Waals surface area contributed by atoms with Gasteiger partial charge in [-0.3, -0.25) is 0 Å². The van der Waals surface area contributed by atoms with Crippen LogP contribution in [-0.4, -0.2) is 4.57 Å². The van der Waals surface area contributed by atoms with Crippen molar-refractivity contribution in [1.82, 2.24) is 4.57 Å². The van der Waals surface area contributed by atoms with Gasteiger partial charge in [0.25, 0.3) is 0 Å². The summed E-state index contributed by atoms with van der Waals surface area (Å²) < 4.78 is 2.37. The van der Waals surface area contributed by atoms with Gasteiger partial charge in [-0.2, -0.15) is 0 Å². The maximum atomic E-state index is 3.94. The van der Waals surface area contributed by atoms with Crippen molar-refractivity contribution < 1.29 is 0 Å². The molecule has 1 aromatic heterocycles. The molecule has 1 heterocycles. The van der Waals surface area contributed by atoms with Crippen LogP contribution >= 0.6 is 0 Å². The quantitative estimate of drug-likeness (QED) is 0.203. The first-order valence-electron chi connectivity index (χ1n) is 13.7. The zero-order valence-corrected chi connectivity index (χ0v) is 22.5. The Morgan fingerprint density at radius 1 is 0.525 bits per heavy atom. The van der Waals surface area contributed by atoms with Gasteiger partial charge in [0.2, 0.25) is 0 Å². The van der Waals surface area contributed by atoms with E-state index in [4.69, 9.17) is 0 Å². The minimum Gasteiger partial charge on any atom is -0.309 e. The minimum atomic E-state index is 1.16. The van der Waals surface area contributed by atoms with Crippen molar-refractivity contribution in [3.05, 3.63) is 157 Å². The third-order valence-corrected chi connectivity index (χ3v) is 7.97. The molecule has 7 rings (SSSR count). The molecule has 0 atom stereocenters. The second-order valence-electron chi connectivity index (χ2n) is 10.2. The normalized spacial score (nSPS) is 11.6. The molecule has 0 saturated carbocycles. The van der Waals surface area contributed by atoms with E-state index in [1.165, 1.54) is 66.0 Å². The van der Waals surface area contributed by atoms with Gasteiger partial charge in [-0.05, 0) is 75.3 Å². The number of hydrogen-bond acceptors (Lipinski definition) is 0. The molecule has 0 amide bonds. The topological polar surface area (TPSA) is 4.93 Å². The van der Waals surface area contributed by atoms with Crippen molar-refractivity contribution in [2.45, 2.75) is 6.92 Å². The van der Waals surface area contributed by atoms with Gasteiger partial charge >= 0.3 is 0 Å². The summed E-state index contributed by atoms with van der Waals surface area (Å²) in [5, 5.41) is 5.07. The smallest absolute Gasteiger partial charge is 0.0541 e. The summed E-state index contributed by atoms with van der Waals surface area (Å²) in [5.41, 5.74) is 11.1. The van der Waals surface area contributed by atoms with Gasteiger partial charge in [0.15, 0.2) is 0 Å². The lowest BCUT2D eigenvalue weighted by atomic mass is 9.84. The van der Waals surface area contributed by atoms with Crippen molar-refractivity contribution in [2.75, 3.05) is 0 Å². The van der Waals surface area contributed by atoms with Gasteiger partial charge in [-0.25, -0.2) is 0 Å². The number of rotatable bonds is 5. The van der Waals surface area contributed by atoms with E-state index in [0.717, 1.165) is 5.69 Å². The van der Waals surface area contributed by atoms with Gasteiger partial charge in [0, 0.05) is 16.5 Å².